The molecule has 0 radical (unpaired) electrons. The lowest BCUT2D eigenvalue weighted by molar-refractivity contribution is 0.117. The number of piperidine rings is 1. The first-order chi connectivity index (χ1) is 8.27. The summed E-state index contributed by atoms with van der Waals surface area (Å²) >= 11 is 0. The zero-order valence-electron chi connectivity index (χ0n) is 9.98. The van der Waals surface area contributed by atoms with Gasteiger partial charge < -0.3 is 5.73 Å². The van der Waals surface area contributed by atoms with Gasteiger partial charge in [0.05, 0.1) is 6.04 Å². The molecule has 0 spiro atoms. The van der Waals surface area contributed by atoms with Gasteiger partial charge in [0.1, 0.15) is 5.82 Å². The van der Waals surface area contributed by atoms with Gasteiger partial charge in [0.2, 0.25) is 0 Å². The Labute approximate surface area is 102 Å². The summed E-state index contributed by atoms with van der Waals surface area (Å²) in [5, 5.41) is 0. The van der Waals surface area contributed by atoms with Crippen LogP contribution >= 0.6 is 0 Å². The summed E-state index contributed by atoms with van der Waals surface area (Å²) in [6, 6.07) is 7.88. The number of halogens is 1. The van der Waals surface area contributed by atoms with Crippen molar-refractivity contribution in [3.63, 3.8) is 0 Å². The summed E-state index contributed by atoms with van der Waals surface area (Å²) < 4.78 is 13.9. The SMILES string of the molecule is NC1CCCN(C2CC2)C1c1ccccc1F. The smallest absolute Gasteiger partial charge is 0.128 e. The third-order valence-corrected chi connectivity index (χ3v) is 3.96. The number of nitrogens with two attached hydrogens (primary N) is 1. The number of rotatable bonds is 2. The molecule has 0 aromatic heterocycles. The largest absolute Gasteiger partial charge is 0.326 e. The Hall–Kier alpha value is -0.930. The Bertz CT molecular complexity index is 403. The normalized spacial score (nSPS) is 30.5. The highest BCUT2D eigenvalue weighted by Gasteiger charge is 2.40. The van der Waals surface area contributed by atoms with Crippen LogP contribution in [-0.4, -0.2) is 23.5 Å². The van der Waals surface area contributed by atoms with Crippen molar-refractivity contribution in [2.75, 3.05) is 6.54 Å². The van der Waals surface area contributed by atoms with E-state index in [0.717, 1.165) is 24.9 Å². The third-order valence-electron chi connectivity index (χ3n) is 3.96. The van der Waals surface area contributed by atoms with Crippen LogP contribution in [0.3, 0.4) is 0 Å². The van der Waals surface area contributed by atoms with Gasteiger partial charge in [-0.15, -0.1) is 0 Å². The van der Waals surface area contributed by atoms with Gasteiger partial charge in [-0.2, -0.15) is 0 Å². The molecule has 2 fully saturated rings. The highest BCUT2D eigenvalue weighted by atomic mass is 19.1. The van der Waals surface area contributed by atoms with E-state index in [1.165, 1.54) is 12.8 Å². The van der Waals surface area contributed by atoms with Gasteiger partial charge in [-0.3, -0.25) is 4.90 Å². The van der Waals surface area contributed by atoms with Crippen molar-refractivity contribution in [1.29, 1.82) is 0 Å². The maximum absolute atomic E-state index is 13.9. The van der Waals surface area contributed by atoms with E-state index < -0.39 is 0 Å². The van der Waals surface area contributed by atoms with Crippen molar-refractivity contribution in [3.8, 4) is 0 Å². The predicted molar refractivity (Wildman–Crippen MR) is 66.1 cm³/mol. The predicted octanol–water partition coefficient (Wildman–Crippen LogP) is 2.45. The highest BCUT2D eigenvalue weighted by molar-refractivity contribution is 5.24. The van der Waals surface area contributed by atoms with E-state index in [4.69, 9.17) is 5.73 Å². The molecule has 3 rings (SSSR count). The summed E-state index contributed by atoms with van der Waals surface area (Å²) in [7, 11) is 0. The van der Waals surface area contributed by atoms with Crippen LogP contribution in [0.25, 0.3) is 0 Å². The minimum atomic E-state index is -0.111. The first-order valence-corrected chi connectivity index (χ1v) is 6.53. The van der Waals surface area contributed by atoms with Crippen LogP contribution in [0, 0.1) is 5.82 Å². The fraction of sp³-hybridized carbons (Fsp3) is 0.571. The lowest BCUT2D eigenvalue weighted by atomic mass is 9.90. The van der Waals surface area contributed by atoms with Crippen LogP contribution in [0.2, 0.25) is 0 Å². The summed E-state index contributed by atoms with van der Waals surface area (Å²) in [4.78, 5) is 2.42. The van der Waals surface area contributed by atoms with Gasteiger partial charge in [-0.05, 0) is 38.3 Å². The lowest BCUT2D eigenvalue weighted by Crippen LogP contribution is -2.47. The van der Waals surface area contributed by atoms with E-state index in [9.17, 15) is 4.39 Å². The Kier molecular flexibility index (Phi) is 2.89. The molecule has 1 aromatic rings. The second kappa shape index (κ2) is 4.39. The fourth-order valence-electron chi connectivity index (χ4n) is 2.99. The van der Waals surface area contributed by atoms with Crippen LogP contribution in [-0.2, 0) is 0 Å². The van der Waals surface area contributed by atoms with E-state index in [0.29, 0.717) is 6.04 Å². The molecule has 3 heteroatoms. The van der Waals surface area contributed by atoms with Gasteiger partial charge in [0, 0.05) is 17.6 Å². The monoisotopic (exact) mass is 234 g/mol. The van der Waals surface area contributed by atoms with Crippen molar-refractivity contribution >= 4 is 0 Å². The standard InChI is InChI=1S/C14H19FN2/c15-12-5-2-1-4-11(12)14-13(16)6-3-9-17(14)10-7-8-10/h1-2,4-5,10,13-14H,3,6-9,16H2. The second-order valence-electron chi connectivity index (χ2n) is 5.24. The molecular formula is C14H19FN2. The molecule has 2 N–H and O–H groups in total. The van der Waals surface area contributed by atoms with E-state index in [1.54, 1.807) is 12.1 Å². The topological polar surface area (TPSA) is 29.3 Å². The van der Waals surface area contributed by atoms with E-state index in [2.05, 4.69) is 4.90 Å². The van der Waals surface area contributed by atoms with Crippen molar-refractivity contribution in [3.05, 3.63) is 35.6 Å². The van der Waals surface area contributed by atoms with Gasteiger partial charge in [0.25, 0.3) is 0 Å². The second-order valence-corrected chi connectivity index (χ2v) is 5.24. The zero-order chi connectivity index (χ0) is 11.8. The summed E-state index contributed by atoms with van der Waals surface area (Å²) in [6.45, 7) is 1.07. The van der Waals surface area contributed by atoms with Gasteiger partial charge in [0.15, 0.2) is 0 Å². The Morgan fingerprint density at radius 3 is 2.65 bits per heavy atom. The molecule has 1 aromatic carbocycles. The first kappa shape index (κ1) is 11.2. The minimum Gasteiger partial charge on any atom is -0.326 e. The molecule has 2 aliphatic rings. The Morgan fingerprint density at radius 2 is 1.94 bits per heavy atom. The van der Waals surface area contributed by atoms with Crippen LogP contribution < -0.4 is 5.73 Å². The van der Waals surface area contributed by atoms with Gasteiger partial charge in [-0.1, -0.05) is 18.2 Å². The Morgan fingerprint density at radius 1 is 1.18 bits per heavy atom. The number of nitrogens with zero attached hydrogens (tertiary/aromatic N) is 1. The molecule has 1 saturated heterocycles. The average Bonchev–Trinajstić information content (AvgIpc) is 3.14. The number of likely N-dealkylation sites (tertiary alicyclic amines) is 1. The molecule has 2 nitrogen and oxygen atoms in total. The Balaban J connectivity index is 1.93. The summed E-state index contributed by atoms with van der Waals surface area (Å²) in [5.41, 5.74) is 7.01. The molecule has 17 heavy (non-hydrogen) atoms. The quantitative estimate of drug-likeness (QED) is 0.851. The maximum Gasteiger partial charge on any atom is 0.128 e. The van der Waals surface area contributed by atoms with Crippen molar-refractivity contribution in [2.24, 2.45) is 5.73 Å². The number of benzene rings is 1. The molecule has 0 amide bonds. The summed E-state index contributed by atoms with van der Waals surface area (Å²) in [6.07, 6.45) is 4.64. The molecular weight excluding hydrogens is 215 g/mol. The van der Waals surface area contributed by atoms with Crippen LogP contribution in [0.1, 0.15) is 37.3 Å². The maximum atomic E-state index is 13.9. The molecule has 0 bridgehead atoms. The van der Waals surface area contributed by atoms with E-state index in [-0.39, 0.29) is 17.9 Å². The minimum absolute atomic E-state index is 0.0706. The molecule has 2 unspecified atom stereocenters. The van der Waals surface area contributed by atoms with Crippen LogP contribution in [0.15, 0.2) is 24.3 Å². The van der Waals surface area contributed by atoms with Crippen molar-refractivity contribution in [1.82, 2.24) is 4.90 Å². The van der Waals surface area contributed by atoms with Crippen LogP contribution in [0.5, 0.6) is 0 Å². The van der Waals surface area contributed by atoms with Crippen LogP contribution in [0.4, 0.5) is 4.39 Å². The summed E-state index contributed by atoms with van der Waals surface area (Å²) in [5.74, 6) is -0.111. The van der Waals surface area contributed by atoms with Crippen molar-refractivity contribution in [2.45, 2.75) is 43.8 Å². The molecule has 1 saturated carbocycles. The number of hydrogen-bond donors (Lipinski definition) is 1. The van der Waals surface area contributed by atoms with E-state index in [1.807, 2.05) is 12.1 Å². The van der Waals surface area contributed by atoms with Gasteiger partial charge in [-0.25, -0.2) is 4.39 Å². The zero-order valence-corrected chi connectivity index (χ0v) is 9.98. The van der Waals surface area contributed by atoms with Crippen molar-refractivity contribution < 1.29 is 4.39 Å². The molecule has 1 aliphatic carbocycles. The fourth-order valence-corrected chi connectivity index (χ4v) is 2.99. The first-order valence-electron chi connectivity index (χ1n) is 6.53. The molecule has 2 atom stereocenters. The highest BCUT2D eigenvalue weighted by Crippen LogP contribution is 2.39. The van der Waals surface area contributed by atoms with Gasteiger partial charge >= 0.3 is 0 Å². The van der Waals surface area contributed by atoms with E-state index >= 15 is 0 Å². The third kappa shape index (κ3) is 2.09. The molecule has 92 valence electrons. The average molecular weight is 234 g/mol. The molecule has 1 heterocycles. The lowest BCUT2D eigenvalue weighted by Gasteiger charge is -2.40. The number of hydrogen-bond acceptors (Lipinski definition) is 2. The molecule has 1 aliphatic heterocycles.